The summed E-state index contributed by atoms with van der Waals surface area (Å²) in [5.74, 6) is 0.854. The van der Waals surface area contributed by atoms with Crippen molar-refractivity contribution >= 4 is 5.69 Å². The highest BCUT2D eigenvalue weighted by atomic mass is 16.3. The van der Waals surface area contributed by atoms with Crippen LogP contribution in [0.3, 0.4) is 0 Å². The van der Waals surface area contributed by atoms with Crippen molar-refractivity contribution in [2.24, 2.45) is 0 Å². The Hall–Kier alpha value is -1.77. The van der Waals surface area contributed by atoms with E-state index in [4.69, 9.17) is 10.2 Å². The summed E-state index contributed by atoms with van der Waals surface area (Å²) in [5, 5.41) is 0. The first kappa shape index (κ1) is 9.77. The standard InChI is InChI=1S/C12H14N2O/c1-12(2,11-7-14-8-15-11)9-3-5-10(13)6-4-9/h3-8H,13H2,1-2H3. The van der Waals surface area contributed by atoms with Crippen molar-refractivity contribution in [2.75, 3.05) is 5.73 Å². The van der Waals surface area contributed by atoms with Crippen molar-refractivity contribution in [2.45, 2.75) is 19.3 Å². The predicted octanol–water partition coefficient (Wildman–Crippen LogP) is 2.58. The van der Waals surface area contributed by atoms with Gasteiger partial charge < -0.3 is 10.2 Å². The van der Waals surface area contributed by atoms with E-state index in [9.17, 15) is 0 Å². The smallest absolute Gasteiger partial charge is 0.180 e. The molecule has 1 aromatic carbocycles. The monoisotopic (exact) mass is 202 g/mol. The lowest BCUT2D eigenvalue weighted by Crippen LogP contribution is -2.17. The number of nitrogen functional groups attached to an aromatic ring is 1. The molecule has 0 spiro atoms. The van der Waals surface area contributed by atoms with Crippen LogP contribution in [0.4, 0.5) is 5.69 Å². The van der Waals surface area contributed by atoms with Crippen LogP contribution < -0.4 is 5.73 Å². The number of rotatable bonds is 2. The lowest BCUT2D eigenvalue weighted by Gasteiger charge is -2.22. The zero-order chi connectivity index (χ0) is 10.9. The molecule has 2 N–H and O–H groups in total. The Balaban J connectivity index is 2.41. The van der Waals surface area contributed by atoms with Gasteiger partial charge >= 0.3 is 0 Å². The van der Waals surface area contributed by atoms with Crippen LogP contribution in [0.2, 0.25) is 0 Å². The molecule has 1 heterocycles. The van der Waals surface area contributed by atoms with Gasteiger partial charge in [-0.1, -0.05) is 12.1 Å². The quantitative estimate of drug-likeness (QED) is 0.761. The van der Waals surface area contributed by atoms with Gasteiger partial charge in [-0.25, -0.2) is 4.98 Å². The molecule has 0 fully saturated rings. The molecule has 2 rings (SSSR count). The normalized spacial score (nSPS) is 11.6. The minimum atomic E-state index is -0.176. The second-order valence-electron chi connectivity index (χ2n) is 4.11. The number of anilines is 1. The van der Waals surface area contributed by atoms with Gasteiger partial charge in [0.2, 0.25) is 0 Å². The first-order valence-corrected chi connectivity index (χ1v) is 4.85. The molecule has 1 aromatic heterocycles. The third-order valence-electron chi connectivity index (χ3n) is 2.68. The van der Waals surface area contributed by atoms with E-state index in [2.05, 4.69) is 18.8 Å². The SMILES string of the molecule is CC(C)(c1ccc(N)cc1)c1cnco1. The maximum Gasteiger partial charge on any atom is 0.180 e. The molecular weight excluding hydrogens is 188 g/mol. The van der Waals surface area contributed by atoms with E-state index in [-0.39, 0.29) is 5.41 Å². The molecule has 3 nitrogen and oxygen atoms in total. The molecule has 0 bridgehead atoms. The molecule has 0 saturated heterocycles. The lowest BCUT2D eigenvalue weighted by molar-refractivity contribution is 0.427. The highest BCUT2D eigenvalue weighted by Crippen LogP contribution is 2.31. The number of aromatic nitrogens is 1. The molecule has 0 amide bonds. The van der Waals surface area contributed by atoms with Crippen molar-refractivity contribution < 1.29 is 4.42 Å². The van der Waals surface area contributed by atoms with Crippen LogP contribution in [0.25, 0.3) is 0 Å². The fourth-order valence-corrected chi connectivity index (χ4v) is 1.57. The topological polar surface area (TPSA) is 52.0 Å². The number of benzene rings is 1. The van der Waals surface area contributed by atoms with E-state index in [1.165, 1.54) is 6.39 Å². The zero-order valence-electron chi connectivity index (χ0n) is 8.90. The number of nitrogens with two attached hydrogens (primary N) is 1. The summed E-state index contributed by atoms with van der Waals surface area (Å²) < 4.78 is 5.34. The Bertz CT molecular complexity index is 429. The van der Waals surface area contributed by atoms with Crippen molar-refractivity contribution in [3.8, 4) is 0 Å². The average Bonchev–Trinajstić information content (AvgIpc) is 2.71. The van der Waals surface area contributed by atoms with E-state index in [1.807, 2.05) is 24.3 Å². The van der Waals surface area contributed by atoms with Crippen LogP contribution in [0.15, 0.2) is 41.3 Å². The van der Waals surface area contributed by atoms with Gasteiger partial charge in [-0.15, -0.1) is 0 Å². The number of hydrogen-bond donors (Lipinski definition) is 1. The largest absolute Gasteiger partial charge is 0.448 e. The van der Waals surface area contributed by atoms with Crippen molar-refractivity contribution in [1.82, 2.24) is 4.98 Å². The van der Waals surface area contributed by atoms with Crippen LogP contribution in [0.1, 0.15) is 25.2 Å². The van der Waals surface area contributed by atoms with Crippen LogP contribution in [-0.4, -0.2) is 4.98 Å². The van der Waals surface area contributed by atoms with Crippen LogP contribution in [0.5, 0.6) is 0 Å². The van der Waals surface area contributed by atoms with Crippen molar-refractivity contribution in [3.63, 3.8) is 0 Å². The van der Waals surface area contributed by atoms with Crippen LogP contribution in [-0.2, 0) is 5.41 Å². The van der Waals surface area contributed by atoms with Gasteiger partial charge in [-0.2, -0.15) is 0 Å². The second-order valence-corrected chi connectivity index (χ2v) is 4.11. The summed E-state index contributed by atoms with van der Waals surface area (Å²) in [4.78, 5) is 3.94. The second kappa shape index (κ2) is 3.42. The van der Waals surface area contributed by atoms with Crippen LogP contribution >= 0.6 is 0 Å². The van der Waals surface area contributed by atoms with Crippen molar-refractivity contribution in [3.05, 3.63) is 48.2 Å². The third kappa shape index (κ3) is 1.73. The number of nitrogens with zero attached hydrogens (tertiary/aromatic N) is 1. The maximum atomic E-state index is 5.65. The summed E-state index contributed by atoms with van der Waals surface area (Å²) in [6, 6.07) is 7.82. The Morgan fingerprint density at radius 2 is 1.87 bits per heavy atom. The first-order valence-electron chi connectivity index (χ1n) is 4.85. The van der Waals surface area contributed by atoms with E-state index in [0.717, 1.165) is 17.0 Å². The third-order valence-corrected chi connectivity index (χ3v) is 2.68. The van der Waals surface area contributed by atoms with Gasteiger partial charge in [-0.05, 0) is 31.5 Å². The maximum absolute atomic E-state index is 5.65. The molecule has 2 aromatic rings. The Morgan fingerprint density at radius 1 is 1.20 bits per heavy atom. The first-order chi connectivity index (χ1) is 7.10. The minimum Gasteiger partial charge on any atom is -0.448 e. The van der Waals surface area contributed by atoms with E-state index in [1.54, 1.807) is 6.20 Å². The summed E-state index contributed by atoms with van der Waals surface area (Å²) in [6.07, 6.45) is 3.20. The van der Waals surface area contributed by atoms with E-state index < -0.39 is 0 Å². The Labute approximate surface area is 88.9 Å². The molecule has 0 saturated carbocycles. The molecule has 0 radical (unpaired) electrons. The van der Waals surface area contributed by atoms with Gasteiger partial charge in [0.1, 0.15) is 5.76 Å². The average molecular weight is 202 g/mol. The molecule has 15 heavy (non-hydrogen) atoms. The molecule has 3 heteroatoms. The van der Waals surface area contributed by atoms with Gasteiger partial charge in [0.25, 0.3) is 0 Å². The molecule has 0 aliphatic rings. The van der Waals surface area contributed by atoms with Crippen molar-refractivity contribution in [1.29, 1.82) is 0 Å². The van der Waals surface area contributed by atoms with E-state index in [0.29, 0.717) is 0 Å². The molecule has 0 aliphatic heterocycles. The lowest BCUT2D eigenvalue weighted by atomic mass is 9.82. The molecule has 0 atom stereocenters. The molecule has 78 valence electrons. The summed E-state index contributed by atoms with van der Waals surface area (Å²) in [7, 11) is 0. The highest BCUT2D eigenvalue weighted by Gasteiger charge is 2.26. The molecule has 0 aliphatic carbocycles. The highest BCUT2D eigenvalue weighted by molar-refractivity contribution is 5.43. The number of hydrogen-bond acceptors (Lipinski definition) is 3. The summed E-state index contributed by atoms with van der Waals surface area (Å²) in [6.45, 7) is 4.19. The Morgan fingerprint density at radius 3 is 2.40 bits per heavy atom. The van der Waals surface area contributed by atoms with Gasteiger partial charge in [0.05, 0.1) is 6.20 Å². The number of oxazole rings is 1. The van der Waals surface area contributed by atoms with Gasteiger partial charge in [-0.3, -0.25) is 0 Å². The Kier molecular flexibility index (Phi) is 2.23. The van der Waals surface area contributed by atoms with Crippen LogP contribution in [0, 0.1) is 0 Å². The summed E-state index contributed by atoms with van der Waals surface area (Å²) >= 11 is 0. The fourth-order valence-electron chi connectivity index (χ4n) is 1.57. The zero-order valence-corrected chi connectivity index (χ0v) is 8.90. The predicted molar refractivity (Wildman–Crippen MR) is 59.5 cm³/mol. The summed E-state index contributed by atoms with van der Waals surface area (Å²) in [5.41, 5.74) is 7.41. The fraction of sp³-hybridized carbons (Fsp3) is 0.250. The van der Waals surface area contributed by atoms with Gasteiger partial charge in [0.15, 0.2) is 6.39 Å². The van der Waals surface area contributed by atoms with Gasteiger partial charge in [0, 0.05) is 11.1 Å². The molecular formula is C12H14N2O. The molecule has 0 unspecified atom stereocenters. The van der Waals surface area contributed by atoms with E-state index >= 15 is 0 Å². The minimum absolute atomic E-state index is 0.176.